The standard InChI is InChI=1S/C16H22N2O3.ClH/c1-4-5-11-8-12(9-14(20-2)15(11)21-3)16(19)18-13-6-7-17-10-13;/h4,8-9,13,17H,1,5-7,10H2,2-3H3,(H,18,19);1H. The minimum Gasteiger partial charge on any atom is -0.493 e. The molecule has 1 aromatic rings. The number of nitrogens with one attached hydrogen (secondary N) is 2. The van der Waals surface area contributed by atoms with Crippen molar-refractivity contribution in [1.82, 2.24) is 10.6 Å². The molecule has 1 aliphatic heterocycles. The summed E-state index contributed by atoms with van der Waals surface area (Å²) >= 11 is 0. The summed E-state index contributed by atoms with van der Waals surface area (Å²) in [6, 6.07) is 3.73. The Morgan fingerprint density at radius 2 is 2.23 bits per heavy atom. The lowest BCUT2D eigenvalue weighted by Gasteiger charge is -2.16. The summed E-state index contributed by atoms with van der Waals surface area (Å²) in [5.41, 5.74) is 1.47. The van der Waals surface area contributed by atoms with Crippen molar-refractivity contribution < 1.29 is 14.3 Å². The van der Waals surface area contributed by atoms with E-state index < -0.39 is 0 Å². The molecule has 1 saturated heterocycles. The number of halogens is 1. The number of hydrogen-bond donors (Lipinski definition) is 2. The van der Waals surface area contributed by atoms with Gasteiger partial charge in [-0.3, -0.25) is 4.79 Å². The molecular formula is C16H23ClN2O3. The van der Waals surface area contributed by atoms with Crippen LogP contribution in [0.25, 0.3) is 0 Å². The molecule has 1 heterocycles. The van der Waals surface area contributed by atoms with E-state index in [4.69, 9.17) is 9.47 Å². The molecule has 0 radical (unpaired) electrons. The number of hydrogen-bond acceptors (Lipinski definition) is 4. The molecule has 1 aliphatic rings. The average Bonchev–Trinajstić information content (AvgIpc) is 2.99. The van der Waals surface area contributed by atoms with E-state index in [1.54, 1.807) is 26.4 Å². The van der Waals surface area contributed by atoms with Crippen molar-refractivity contribution in [2.45, 2.75) is 18.9 Å². The van der Waals surface area contributed by atoms with Crippen molar-refractivity contribution in [1.29, 1.82) is 0 Å². The van der Waals surface area contributed by atoms with Crippen LogP contribution in [0.5, 0.6) is 11.5 Å². The SMILES string of the molecule is C=CCc1cc(C(=O)NC2CCNC2)cc(OC)c1OC.Cl. The predicted octanol–water partition coefficient (Wildman–Crippen LogP) is 1.95. The molecule has 22 heavy (non-hydrogen) atoms. The highest BCUT2D eigenvalue weighted by molar-refractivity contribution is 5.95. The van der Waals surface area contributed by atoms with Gasteiger partial charge in [0.25, 0.3) is 5.91 Å². The van der Waals surface area contributed by atoms with E-state index >= 15 is 0 Å². The average molecular weight is 327 g/mol. The number of ether oxygens (including phenoxy) is 2. The maximum Gasteiger partial charge on any atom is 0.251 e. The molecule has 0 aromatic heterocycles. The van der Waals surface area contributed by atoms with Gasteiger partial charge in [-0.1, -0.05) is 6.08 Å². The van der Waals surface area contributed by atoms with E-state index in [9.17, 15) is 4.79 Å². The molecule has 0 aliphatic carbocycles. The van der Waals surface area contributed by atoms with Crippen LogP contribution in [0.2, 0.25) is 0 Å². The first-order valence-electron chi connectivity index (χ1n) is 7.07. The fourth-order valence-corrected chi connectivity index (χ4v) is 2.53. The number of carbonyl (C=O) groups is 1. The van der Waals surface area contributed by atoms with Gasteiger partial charge < -0.3 is 20.1 Å². The van der Waals surface area contributed by atoms with Crippen molar-refractivity contribution in [3.63, 3.8) is 0 Å². The molecule has 1 unspecified atom stereocenters. The third-order valence-electron chi connectivity index (χ3n) is 3.58. The van der Waals surface area contributed by atoms with E-state index in [1.165, 1.54) is 0 Å². The van der Waals surface area contributed by atoms with E-state index in [-0.39, 0.29) is 24.4 Å². The monoisotopic (exact) mass is 326 g/mol. The molecule has 1 fully saturated rings. The van der Waals surface area contributed by atoms with Crippen LogP contribution >= 0.6 is 12.4 Å². The van der Waals surface area contributed by atoms with Crippen molar-refractivity contribution in [3.8, 4) is 11.5 Å². The first-order valence-corrected chi connectivity index (χ1v) is 7.07. The highest BCUT2D eigenvalue weighted by Gasteiger charge is 2.20. The molecule has 6 heteroatoms. The zero-order valence-electron chi connectivity index (χ0n) is 13.0. The van der Waals surface area contributed by atoms with Crippen LogP contribution in [0.4, 0.5) is 0 Å². The second-order valence-corrected chi connectivity index (χ2v) is 5.03. The molecule has 0 saturated carbocycles. The summed E-state index contributed by atoms with van der Waals surface area (Å²) in [5, 5.41) is 6.26. The zero-order chi connectivity index (χ0) is 15.2. The number of allylic oxidation sites excluding steroid dienone is 1. The highest BCUT2D eigenvalue weighted by Crippen LogP contribution is 2.33. The van der Waals surface area contributed by atoms with Crippen LogP contribution in [0.3, 0.4) is 0 Å². The molecule has 1 amide bonds. The van der Waals surface area contributed by atoms with Crippen LogP contribution in [0.15, 0.2) is 24.8 Å². The van der Waals surface area contributed by atoms with E-state index in [0.717, 1.165) is 25.1 Å². The summed E-state index contributed by atoms with van der Waals surface area (Å²) in [5.74, 6) is 1.12. The Bertz CT molecular complexity index is 528. The smallest absolute Gasteiger partial charge is 0.251 e. The van der Waals surface area contributed by atoms with Gasteiger partial charge in [-0.2, -0.15) is 0 Å². The summed E-state index contributed by atoms with van der Waals surface area (Å²) in [6.07, 6.45) is 3.35. The summed E-state index contributed by atoms with van der Waals surface area (Å²) in [7, 11) is 3.16. The third kappa shape index (κ3) is 4.15. The van der Waals surface area contributed by atoms with E-state index in [0.29, 0.717) is 23.5 Å². The fraction of sp³-hybridized carbons (Fsp3) is 0.438. The van der Waals surface area contributed by atoms with Gasteiger partial charge >= 0.3 is 0 Å². The van der Waals surface area contributed by atoms with Gasteiger partial charge in [0, 0.05) is 23.7 Å². The normalized spacial score (nSPS) is 16.5. The van der Waals surface area contributed by atoms with E-state index in [2.05, 4.69) is 17.2 Å². The lowest BCUT2D eigenvalue weighted by Crippen LogP contribution is -2.36. The van der Waals surface area contributed by atoms with Gasteiger partial charge in [-0.05, 0) is 31.5 Å². The maximum absolute atomic E-state index is 12.4. The number of rotatable bonds is 6. The lowest BCUT2D eigenvalue weighted by molar-refractivity contribution is 0.0939. The summed E-state index contributed by atoms with van der Waals surface area (Å²) < 4.78 is 10.7. The van der Waals surface area contributed by atoms with Crippen LogP contribution < -0.4 is 20.1 Å². The predicted molar refractivity (Wildman–Crippen MR) is 89.4 cm³/mol. The first-order chi connectivity index (χ1) is 10.2. The summed E-state index contributed by atoms with van der Waals surface area (Å²) in [4.78, 5) is 12.4. The second-order valence-electron chi connectivity index (χ2n) is 5.03. The number of carbonyl (C=O) groups excluding carboxylic acids is 1. The quantitative estimate of drug-likeness (QED) is 0.784. The molecule has 122 valence electrons. The first kappa shape index (κ1) is 18.3. The van der Waals surface area contributed by atoms with Gasteiger partial charge in [-0.25, -0.2) is 0 Å². The molecule has 2 rings (SSSR count). The number of amides is 1. The van der Waals surface area contributed by atoms with Crippen molar-refractivity contribution >= 4 is 18.3 Å². The van der Waals surface area contributed by atoms with Crippen molar-refractivity contribution in [2.75, 3.05) is 27.3 Å². The Balaban J connectivity index is 0.00000242. The highest BCUT2D eigenvalue weighted by atomic mass is 35.5. The number of benzene rings is 1. The Morgan fingerprint density at radius 3 is 2.77 bits per heavy atom. The number of methoxy groups -OCH3 is 2. The Morgan fingerprint density at radius 1 is 1.45 bits per heavy atom. The molecule has 1 atom stereocenters. The summed E-state index contributed by atoms with van der Waals surface area (Å²) in [6.45, 7) is 5.50. The maximum atomic E-state index is 12.4. The van der Waals surface area contributed by atoms with Gasteiger partial charge in [0.15, 0.2) is 11.5 Å². The minimum atomic E-state index is -0.0880. The topological polar surface area (TPSA) is 59.6 Å². The van der Waals surface area contributed by atoms with Crippen LogP contribution in [0.1, 0.15) is 22.3 Å². The Labute approximate surface area is 137 Å². The molecule has 0 bridgehead atoms. The Hall–Kier alpha value is -1.72. The van der Waals surface area contributed by atoms with Crippen molar-refractivity contribution in [2.24, 2.45) is 0 Å². The molecular weight excluding hydrogens is 304 g/mol. The van der Waals surface area contributed by atoms with Gasteiger partial charge in [0.1, 0.15) is 0 Å². The van der Waals surface area contributed by atoms with Crippen LogP contribution in [0, 0.1) is 0 Å². The molecule has 5 nitrogen and oxygen atoms in total. The Kier molecular flexibility index (Phi) is 7.21. The fourth-order valence-electron chi connectivity index (χ4n) is 2.53. The largest absolute Gasteiger partial charge is 0.493 e. The van der Waals surface area contributed by atoms with Gasteiger partial charge in [-0.15, -0.1) is 19.0 Å². The molecule has 0 spiro atoms. The van der Waals surface area contributed by atoms with Crippen LogP contribution in [-0.4, -0.2) is 39.3 Å². The molecule has 1 aromatic carbocycles. The van der Waals surface area contributed by atoms with Gasteiger partial charge in [0.05, 0.1) is 14.2 Å². The second kappa shape index (κ2) is 8.66. The molecule has 2 N–H and O–H groups in total. The third-order valence-corrected chi connectivity index (χ3v) is 3.58. The van der Waals surface area contributed by atoms with Gasteiger partial charge in [0.2, 0.25) is 0 Å². The van der Waals surface area contributed by atoms with Crippen LogP contribution in [-0.2, 0) is 6.42 Å². The van der Waals surface area contributed by atoms with E-state index in [1.807, 2.05) is 6.07 Å². The van der Waals surface area contributed by atoms with Crippen molar-refractivity contribution in [3.05, 3.63) is 35.9 Å². The minimum absolute atomic E-state index is 0. The lowest BCUT2D eigenvalue weighted by atomic mass is 10.0. The zero-order valence-corrected chi connectivity index (χ0v) is 13.8.